The predicted octanol–water partition coefficient (Wildman–Crippen LogP) is 0.786. The van der Waals surface area contributed by atoms with Gasteiger partial charge in [-0.15, -0.1) is 0 Å². The van der Waals surface area contributed by atoms with Crippen LogP contribution in [0, 0.1) is 5.92 Å². The van der Waals surface area contributed by atoms with Gasteiger partial charge in [0.15, 0.2) is 0 Å². The standard InChI is InChI=1S/C16H26N4O2/c1-18-10-7-17-16(18)15(22)12-5-8-20(9-6-12)11-14(21)19(2)13-3-4-13/h7,10,12-13,15,22H,3-6,8-9,11H2,1-2H3. The molecule has 2 heterocycles. The number of likely N-dealkylation sites (tertiary alicyclic amines) is 1. The van der Waals surface area contributed by atoms with Crippen molar-refractivity contribution in [3.05, 3.63) is 18.2 Å². The van der Waals surface area contributed by atoms with Gasteiger partial charge >= 0.3 is 0 Å². The Hall–Kier alpha value is -1.40. The second-order valence-corrected chi connectivity index (χ2v) is 6.69. The van der Waals surface area contributed by atoms with Crippen molar-refractivity contribution < 1.29 is 9.90 Å². The SMILES string of the molecule is CN(C(=O)CN1CCC(C(O)c2nccn2C)CC1)C1CC1. The van der Waals surface area contributed by atoms with Crippen LogP contribution in [-0.2, 0) is 11.8 Å². The molecule has 0 bridgehead atoms. The first-order valence-electron chi connectivity index (χ1n) is 8.19. The fourth-order valence-electron chi connectivity index (χ4n) is 3.27. The van der Waals surface area contributed by atoms with Gasteiger partial charge in [0.1, 0.15) is 11.9 Å². The quantitative estimate of drug-likeness (QED) is 0.873. The highest BCUT2D eigenvalue weighted by atomic mass is 16.3. The zero-order chi connectivity index (χ0) is 15.7. The number of hydrogen-bond acceptors (Lipinski definition) is 4. The molecule has 1 N–H and O–H groups in total. The first-order valence-corrected chi connectivity index (χ1v) is 8.19. The molecular weight excluding hydrogens is 280 g/mol. The minimum atomic E-state index is -0.507. The van der Waals surface area contributed by atoms with Crippen LogP contribution in [0.2, 0.25) is 0 Å². The number of aryl methyl sites for hydroxylation is 1. The summed E-state index contributed by atoms with van der Waals surface area (Å²) in [6, 6.07) is 0.482. The first kappa shape index (κ1) is 15.5. The second-order valence-electron chi connectivity index (χ2n) is 6.69. The van der Waals surface area contributed by atoms with Gasteiger partial charge in [-0.2, -0.15) is 0 Å². The van der Waals surface area contributed by atoms with E-state index in [0.29, 0.717) is 12.6 Å². The summed E-state index contributed by atoms with van der Waals surface area (Å²) in [7, 11) is 3.82. The Bertz CT molecular complexity index is 518. The Morgan fingerprint density at radius 2 is 2.09 bits per heavy atom. The second kappa shape index (κ2) is 6.38. The Balaban J connectivity index is 1.48. The summed E-state index contributed by atoms with van der Waals surface area (Å²) >= 11 is 0. The zero-order valence-electron chi connectivity index (χ0n) is 13.5. The lowest BCUT2D eigenvalue weighted by Gasteiger charge is -2.34. The van der Waals surface area contributed by atoms with Gasteiger partial charge in [-0.05, 0) is 44.7 Å². The van der Waals surface area contributed by atoms with E-state index in [4.69, 9.17) is 0 Å². The molecule has 1 aliphatic carbocycles. The van der Waals surface area contributed by atoms with Gasteiger partial charge in [-0.1, -0.05) is 0 Å². The molecular formula is C16H26N4O2. The van der Waals surface area contributed by atoms with Crippen molar-refractivity contribution in [1.29, 1.82) is 0 Å². The maximum Gasteiger partial charge on any atom is 0.236 e. The van der Waals surface area contributed by atoms with E-state index in [1.807, 2.05) is 29.8 Å². The molecule has 0 radical (unpaired) electrons. The van der Waals surface area contributed by atoms with Crippen molar-refractivity contribution in [3.8, 4) is 0 Å². The monoisotopic (exact) mass is 306 g/mol. The third kappa shape index (κ3) is 3.33. The van der Waals surface area contributed by atoms with E-state index in [9.17, 15) is 9.90 Å². The number of aliphatic hydroxyl groups excluding tert-OH is 1. The highest BCUT2D eigenvalue weighted by Gasteiger charge is 2.32. The number of likely N-dealkylation sites (N-methyl/N-ethyl adjacent to an activating group) is 1. The molecule has 1 atom stereocenters. The van der Waals surface area contributed by atoms with Gasteiger partial charge in [0, 0.05) is 32.5 Å². The van der Waals surface area contributed by atoms with Gasteiger partial charge < -0.3 is 14.6 Å². The molecule has 1 amide bonds. The first-order chi connectivity index (χ1) is 10.6. The summed E-state index contributed by atoms with van der Waals surface area (Å²) in [6.07, 6.45) is 7.20. The minimum Gasteiger partial charge on any atom is -0.385 e. The third-order valence-electron chi connectivity index (χ3n) is 5.05. The molecule has 6 nitrogen and oxygen atoms in total. The van der Waals surface area contributed by atoms with Gasteiger partial charge in [-0.25, -0.2) is 4.98 Å². The topological polar surface area (TPSA) is 61.6 Å². The van der Waals surface area contributed by atoms with Gasteiger partial charge in [-0.3, -0.25) is 9.69 Å². The normalized spacial score (nSPS) is 21.8. The lowest BCUT2D eigenvalue weighted by Crippen LogP contribution is -2.43. The highest BCUT2D eigenvalue weighted by molar-refractivity contribution is 5.78. The largest absolute Gasteiger partial charge is 0.385 e. The molecule has 22 heavy (non-hydrogen) atoms. The Kier molecular flexibility index (Phi) is 4.49. The average Bonchev–Trinajstić information content (AvgIpc) is 3.28. The van der Waals surface area contributed by atoms with E-state index in [-0.39, 0.29) is 11.8 Å². The lowest BCUT2D eigenvalue weighted by molar-refractivity contribution is -0.132. The summed E-state index contributed by atoms with van der Waals surface area (Å²) in [6.45, 7) is 2.25. The number of rotatable bonds is 5. The number of imidazole rings is 1. The molecule has 6 heteroatoms. The smallest absolute Gasteiger partial charge is 0.236 e. The zero-order valence-corrected chi connectivity index (χ0v) is 13.5. The fraction of sp³-hybridized carbons (Fsp3) is 0.750. The maximum atomic E-state index is 12.2. The summed E-state index contributed by atoms with van der Waals surface area (Å²) in [4.78, 5) is 20.5. The van der Waals surface area contributed by atoms with Crippen LogP contribution >= 0.6 is 0 Å². The van der Waals surface area contributed by atoms with Crippen molar-refractivity contribution in [1.82, 2.24) is 19.4 Å². The van der Waals surface area contributed by atoms with Crippen molar-refractivity contribution in [3.63, 3.8) is 0 Å². The number of amides is 1. The summed E-state index contributed by atoms with van der Waals surface area (Å²) in [5, 5.41) is 10.5. The third-order valence-corrected chi connectivity index (χ3v) is 5.05. The van der Waals surface area contributed by atoms with E-state index in [2.05, 4.69) is 9.88 Å². The van der Waals surface area contributed by atoms with Crippen LogP contribution in [0.25, 0.3) is 0 Å². The van der Waals surface area contributed by atoms with Crippen molar-refractivity contribution in [2.24, 2.45) is 13.0 Å². The number of nitrogens with zero attached hydrogens (tertiary/aromatic N) is 4. The molecule has 1 aromatic heterocycles. The van der Waals surface area contributed by atoms with Crippen molar-refractivity contribution in [2.75, 3.05) is 26.7 Å². The van der Waals surface area contributed by atoms with Gasteiger partial charge in [0.2, 0.25) is 5.91 Å². The van der Waals surface area contributed by atoms with E-state index in [1.165, 1.54) is 0 Å². The molecule has 0 aromatic carbocycles. The van der Waals surface area contributed by atoms with E-state index >= 15 is 0 Å². The van der Waals surface area contributed by atoms with E-state index < -0.39 is 6.10 Å². The molecule has 122 valence electrons. The van der Waals surface area contributed by atoms with Gasteiger partial charge in [0.25, 0.3) is 0 Å². The summed E-state index contributed by atoms with van der Waals surface area (Å²) in [5.41, 5.74) is 0. The molecule has 1 saturated carbocycles. The number of aliphatic hydroxyl groups is 1. The van der Waals surface area contributed by atoms with Crippen LogP contribution in [0.5, 0.6) is 0 Å². The summed E-state index contributed by atoms with van der Waals surface area (Å²) in [5.74, 6) is 1.20. The van der Waals surface area contributed by atoms with Gasteiger partial charge in [0.05, 0.1) is 6.54 Å². The Morgan fingerprint density at radius 1 is 1.41 bits per heavy atom. The van der Waals surface area contributed by atoms with Crippen LogP contribution in [0.3, 0.4) is 0 Å². The van der Waals surface area contributed by atoms with Crippen LogP contribution in [0.1, 0.15) is 37.6 Å². The van der Waals surface area contributed by atoms with Crippen LogP contribution < -0.4 is 0 Å². The molecule has 2 aliphatic rings. The molecule has 2 fully saturated rings. The minimum absolute atomic E-state index is 0.227. The summed E-state index contributed by atoms with van der Waals surface area (Å²) < 4.78 is 1.88. The molecule has 3 rings (SSSR count). The number of aromatic nitrogens is 2. The Labute approximate surface area is 131 Å². The van der Waals surface area contributed by atoms with E-state index in [0.717, 1.165) is 44.6 Å². The molecule has 1 unspecified atom stereocenters. The number of carbonyl (C=O) groups excluding carboxylic acids is 1. The molecule has 0 spiro atoms. The Morgan fingerprint density at radius 3 is 2.64 bits per heavy atom. The number of hydrogen-bond donors (Lipinski definition) is 1. The average molecular weight is 306 g/mol. The fourth-order valence-corrected chi connectivity index (χ4v) is 3.27. The van der Waals surface area contributed by atoms with Crippen molar-refractivity contribution in [2.45, 2.75) is 37.8 Å². The molecule has 1 saturated heterocycles. The maximum absolute atomic E-state index is 12.2. The van der Waals surface area contributed by atoms with Crippen LogP contribution in [0.4, 0.5) is 0 Å². The van der Waals surface area contributed by atoms with Crippen molar-refractivity contribution >= 4 is 5.91 Å². The van der Waals surface area contributed by atoms with Crippen LogP contribution in [0.15, 0.2) is 12.4 Å². The highest BCUT2D eigenvalue weighted by Crippen LogP contribution is 2.30. The number of piperidine rings is 1. The van der Waals surface area contributed by atoms with Crippen LogP contribution in [-0.4, -0.2) is 63.1 Å². The lowest BCUT2D eigenvalue weighted by atomic mass is 9.90. The number of carbonyl (C=O) groups is 1. The molecule has 1 aliphatic heterocycles. The van der Waals surface area contributed by atoms with E-state index in [1.54, 1.807) is 6.20 Å². The molecule has 1 aromatic rings. The predicted molar refractivity (Wildman–Crippen MR) is 83.1 cm³/mol.